The van der Waals surface area contributed by atoms with Crippen molar-refractivity contribution in [2.45, 2.75) is 25.8 Å². The molecule has 0 spiro atoms. The number of aliphatic carboxylic acids is 2. The maximum absolute atomic E-state index is 15.7. The number of carbonyl (C=O) groups excluding carboxylic acids is 1. The van der Waals surface area contributed by atoms with E-state index in [1.807, 2.05) is 0 Å². The average Bonchev–Trinajstić information content (AvgIpc) is 3.32. The van der Waals surface area contributed by atoms with Gasteiger partial charge in [0, 0.05) is 48.2 Å². The Kier molecular flexibility index (Phi) is 8.19. The van der Waals surface area contributed by atoms with Crippen LogP contribution in [0.15, 0.2) is 36.8 Å². The molecule has 4 rings (SSSR count). The Balaban J connectivity index is 1.75. The largest absolute Gasteiger partial charge is 0.481 e. The number of urea groups is 1. The number of nitrogens with one attached hydrogen (secondary N) is 3. The topological polar surface area (TPSA) is 179 Å². The van der Waals surface area contributed by atoms with Crippen molar-refractivity contribution >= 4 is 50.6 Å². The summed E-state index contributed by atoms with van der Waals surface area (Å²) < 4.78 is 30.7. The van der Waals surface area contributed by atoms with Gasteiger partial charge in [-0.05, 0) is 31.5 Å². The van der Waals surface area contributed by atoms with Crippen LogP contribution in [0.5, 0.6) is 0 Å². The van der Waals surface area contributed by atoms with E-state index in [2.05, 4.69) is 35.9 Å². The monoisotopic (exact) mass is 557 g/mol. The predicted octanol–water partition coefficient (Wildman–Crippen LogP) is 3.96. The van der Waals surface area contributed by atoms with Gasteiger partial charge in [0.1, 0.15) is 23.1 Å². The number of nitrogens with zero attached hydrogens (tertiary/aromatic N) is 4. The Morgan fingerprint density at radius 3 is 2.49 bits per heavy atom. The first-order valence-corrected chi connectivity index (χ1v) is 12.3. The lowest BCUT2D eigenvalue weighted by Crippen LogP contribution is -2.30. The number of rotatable bonds is 10. The molecule has 5 N–H and O–H groups in total. The van der Waals surface area contributed by atoms with E-state index in [1.54, 1.807) is 6.92 Å². The summed E-state index contributed by atoms with van der Waals surface area (Å²) in [4.78, 5) is 50.6. The van der Waals surface area contributed by atoms with Crippen molar-refractivity contribution in [3.63, 3.8) is 0 Å². The third-order valence-electron chi connectivity index (χ3n) is 5.39. The first kappa shape index (κ1) is 27.3. The number of pyridine rings is 1. The molecular weight excluding hydrogens is 536 g/mol. The van der Waals surface area contributed by atoms with E-state index in [0.717, 1.165) is 11.3 Å². The standard InChI is InChI=1S/C24H21F2N7O5S/c1-2-27-23(38)33-24-32-19-17(26)12(8-13(20(19)39-24)18-14(25)4-3-7-28-18)11-9-29-22(30-10-11)31-15(21(36)37)5-6-16(34)35/h3-4,7-10,15H,2,5-6H2,1H3,(H,34,35)(H,36,37)(H,29,30,31)(H2,27,32,33,38)/t15-/m1/s1. The number of anilines is 2. The van der Waals surface area contributed by atoms with E-state index in [-0.39, 0.29) is 56.5 Å². The molecule has 0 aliphatic carbocycles. The Labute approximate surface area is 223 Å². The molecule has 0 radical (unpaired) electrons. The Morgan fingerprint density at radius 2 is 1.85 bits per heavy atom. The third-order valence-corrected chi connectivity index (χ3v) is 6.39. The molecule has 0 aliphatic rings. The number of thiazole rings is 1. The van der Waals surface area contributed by atoms with E-state index in [4.69, 9.17) is 5.11 Å². The fourth-order valence-electron chi connectivity index (χ4n) is 3.60. The quantitative estimate of drug-likeness (QED) is 0.192. The van der Waals surface area contributed by atoms with Crippen molar-refractivity contribution < 1.29 is 33.4 Å². The van der Waals surface area contributed by atoms with Crippen LogP contribution in [0.2, 0.25) is 0 Å². The second kappa shape index (κ2) is 11.7. The number of carbonyl (C=O) groups is 3. The molecule has 0 fully saturated rings. The molecule has 3 heterocycles. The zero-order chi connectivity index (χ0) is 28.1. The van der Waals surface area contributed by atoms with Crippen LogP contribution >= 0.6 is 11.3 Å². The molecule has 0 aliphatic heterocycles. The second-order valence-electron chi connectivity index (χ2n) is 8.06. The number of carboxylic acid groups (broad SMARTS) is 2. The zero-order valence-corrected chi connectivity index (χ0v) is 21.1. The van der Waals surface area contributed by atoms with Gasteiger partial charge < -0.3 is 20.8 Å². The molecule has 202 valence electrons. The summed E-state index contributed by atoms with van der Waals surface area (Å²) in [6, 6.07) is 2.19. The number of hydrogen-bond acceptors (Lipinski definition) is 9. The van der Waals surface area contributed by atoms with Gasteiger partial charge >= 0.3 is 18.0 Å². The summed E-state index contributed by atoms with van der Waals surface area (Å²) in [5.41, 5.74) is 0.165. The zero-order valence-electron chi connectivity index (χ0n) is 20.2. The van der Waals surface area contributed by atoms with Gasteiger partial charge in [0.2, 0.25) is 5.95 Å². The molecule has 2 amide bonds. The van der Waals surface area contributed by atoms with Crippen molar-refractivity contribution in [1.29, 1.82) is 0 Å². The Morgan fingerprint density at radius 1 is 1.10 bits per heavy atom. The molecular formula is C24H21F2N7O5S. The SMILES string of the molecule is CCNC(=O)Nc1nc2c(F)c(-c3cnc(N[C@H](CCC(=O)O)C(=O)O)nc3)cc(-c3ncccc3F)c2s1. The Hall–Kier alpha value is -4.79. The van der Waals surface area contributed by atoms with Crippen LogP contribution in [0.25, 0.3) is 32.6 Å². The lowest BCUT2D eigenvalue weighted by molar-refractivity contribution is -0.139. The van der Waals surface area contributed by atoms with Gasteiger partial charge in [0.05, 0.1) is 4.70 Å². The van der Waals surface area contributed by atoms with Gasteiger partial charge in [-0.2, -0.15) is 0 Å². The van der Waals surface area contributed by atoms with E-state index in [9.17, 15) is 23.9 Å². The highest BCUT2D eigenvalue weighted by Gasteiger charge is 2.23. The highest BCUT2D eigenvalue weighted by molar-refractivity contribution is 7.22. The number of benzene rings is 1. The van der Waals surface area contributed by atoms with E-state index >= 15 is 4.39 Å². The van der Waals surface area contributed by atoms with Crippen molar-refractivity contribution in [1.82, 2.24) is 25.3 Å². The summed E-state index contributed by atoms with van der Waals surface area (Å²) >= 11 is 0.950. The first-order valence-electron chi connectivity index (χ1n) is 11.5. The number of carboxylic acids is 2. The van der Waals surface area contributed by atoms with Crippen LogP contribution in [0, 0.1) is 11.6 Å². The normalized spacial score (nSPS) is 11.7. The van der Waals surface area contributed by atoms with Crippen LogP contribution < -0.4 is 16.0 Å². The van der Waals surface area contributed by atoms with Crippen LogP contribution in [-0.2, 0) is 9.59 Å². The van der Waals surface area contributed by atoms with E-state index < -0.39 is 35.6 Å². The van der Waals surface area contributed by atoms with Gasteiger partial charge in [-0.25, -0.2) is 33.3 Å². The van der Waals surface area contributed by atoms with Crippen molar-refractivity contribution in [2.75, 3.05) is 17.2 Å². The summed E-state index contributed by atoms with van der Waals surface area (Å²) in [5.74, 6) is -3.99. The van der Waals surface area contributed by atoms with Gasteiger partial charge in [0.25, 0.3) is 0 Å². The molecule has 1 aromatic carbocycles. The van der Waals surface area contributed by atoms with Crippen molar-refractivity contribution in [3.8, 4) is 22.4 Å². The van der Waals surface area contributed by atoms with Crippen molar-refractivity contribution in [3.05, 3.63) is 48.4 Å². The van der Waals surface area contributed by atoms with Crippen LogP contribution in [0.3, 0.4) is 0 Å². The molecule has 0 saturated heterocycles. The molecule has 0 bridgehead atoms. The number of amides is 2. The molecule has 4 aromatic rings. The lowest BCUT2D eigenvalue weighted by atomic mass is 10.0. The number of hydrogen-bond donors (Lipinski definition) is 5. The van der Waals surface area contributed by atoms with Crippen LogP contribution in [0.4, 0.5) is 24.7 Å². The first-order chi connectivity index (χ1) is 18.7. The van der Waals surface area contributed by atoms with Crippen molar-refractivity contribution in [2.24, 2.45) is 0 Å². The minimum absolute atomic E-state index is 0.0374. The molecule has 3 aromatic heterocycles. The summed E-state index contributed by atoms with van der Waals surface area (Å²) in [7, 11) is 0. The van der Waals surface area contributed by atoms with Crippen LogP contribution in [-0.4, -0.2) is 60.7 Å². The smallest absolute Gasteiger partial charge is 0.326 e. The predicted molar refractivity (Wildman–Crippen MR) is 138 cm³/mol. The molecule has 39 heavy (non-hydrogen) atoms. The van der Waals surface area contributed by atoms with Crippen LogP contribution in [0.1, 0.15) is 19.8 Å². The highest BCUT2D eigenvalue weighted by Crippen LogP contribution is 2.40. The number of aromatic nitrogens is 4. The summed E-state index contributed by atoms with van der Waals surface area (Å²) in [6.45, 7) is 2.09. The van der Waals surface area contributed by atoms with Gasteiger partial charge in [-0.15, -0.1) is 0 Å². The molecule has 0 saturated carbocycles. The van der Waals surface area contributed by atoms with Gasteiger partial charge in [-0.1, -0.05) is 11.3 Å². The average molecular weight is 558 g/mol. The highest BCUT2D eigenvalue weighted by atomic mass is 32.1. The molecule has 0 unspecified atom stereocenters. The van der Waals surface area contributed by atoms with E-state index in [1.165, 1.54) is 36.8 Å². The second-order valence-corrected chi connectivity index (χ2v) is 9.06. The summed E-state index contributed by atoms with van der Waals surface area (Å²) in [5, 5.41) is 25.8. The Bertz CT molecular complexity index is 1550. The fraction of sp³-hybridized carbons (Fsp3) is 0.208. The van der Waals surface area contributed by atoms with E-state index in [0.29, 0.717) is 6.54 Å². The maximum atomic E-state index is 15.7. The minimum atomic E-state index is -1.29. The number of halogens is 2. The summed E-state index contributed by atoms with van der Waals surface area (Å²) in [6.07, 6.45) is 3.25. The third kappa shape index (κ3) is 6.20. The van der Waals surface area contributed by atoms with Gasteiger partial charge in [-0.3, -0.25) is 15.1 Å². The van der Waals surface area contributed by atoms with Gasteiger partial charge in [0.15, 0.2) is 10.9 Å². The minimum Gasteiger partial charge on any atom is -0.481 e. The lowest BCUT2D eigenvalue weighted by Gasteiger charge is -2.14. The fourth-order valence-corrected chi connectivity index (χ4v) is 4.57. The molecule has 1 atom stereocenters. The number of fused-ring (bicyclic) bond motifs is 1. The maximum Gasteiger partial charge on any atom is 0.326 e. The molecule has 15 heteroatoms. The molecule has 12 nitrogen and oxygen atoms in total.